The maximum absolute atomic E-state index is 12.3. The number of rotatable bonds is 3. The van der Waals surface area contributed by atoms with Crippen molar-refractivity contribution in [3.05, 3.63) is 41.7 Å². The standard InChI is InChI=1S/C20H28N4O4S/c1-14-13-18(15-9-11-23(12-10-15)19(25)28-20(2,3)4)24(22-14)16-5-7-17(8-6-16)29(21,26)27/h5-8,13,15H,9-12H2,1-4H3,(H2,21,26,27). The van der Waals surface area contributed by atoms with Crippen LogP contribution >= 0.6 is 0 Å². The first-order valence-electron chi connectivity index (χ1n) is 9.62. The van der Waals surface area contributed by atoms with Crippen molar-refractivity contribution in [2.75, 3.05) is 13.1 Å². The molecule has 1 aliphatic heterocycles. The average molecular weight is 421 g/mol. The number of amides is 1. The van der Waals surface area contributed by atoms with E-state index in [1.807, 2.05) is 38.4 Å². The van der Waals surface area contributed by atoms with Gasteiger partial charge in [-0.3, -0.25) is 0 Å². The van der Waals surface area contributed by atoms with Gasteiger partial charge in [0.15, 0.2) is 0 Å². The third-order valence-corrected chi connectivity index (χ3v) is 5.76. The number of carbonyl (C=O) groups is 1. The minimum Gasteiger partial charge on any atom is -0.444 e. The number of hydrogen-bond donors (Lipinski definition) is 1. The summed E-state index contributed by atoms with van der Waals surface area (Å²) in [6.07, 6.45) is 1.33. The number of likely N-dealkylation sites (tertiary alicyclic amines) is 1. The van der Waals surface area contributed by atoms with E-state index in [4.69, 9.17) is 9.88 Å². The van der Waals surface area contributed by atoms with Gasteiger partial charge >= 0.3 is 6.09 Å². The summed E-state index contributed by atoms with van der Waals surface area (Å²) in [5.41, 5.74) is 2.20. The molecule has 0 aliphatic carbocycles. The van der Waals surface area contributed by atoms with Crippen LogP contribution in [0.3, 0.4) is 0 Å². The largest absolute Gasteiger partial charge is 0.444 e. The zero-order chi connectivity index (χ0) is 21.4. The first kappa shape index (κ1) is 21.3. The number of piperidine rings is 1. The summed E-state index contributed by atoms with van der Waals surface area (Å²) in [4.78, 5) is 14.1. The fraction of sp³-hybridized carbons (Fsp3) is 0.500. The summed E-state index contributed by atoms with van der Waals surface area (Å²) in [5, 5.41) is 9.76. The summed E-state index contributed by atoms with van der Waals surface area (Å²) in [7, 11) is -3.73. The molecule has 0 atom stereocenters. The maximum Gasteiger partial charge on any atom is 0.410 e. The molecule has 2 aromatic rings. The van der Waals surface area contributed by atoms with Crippen LogP contribution in [0.5, 0.6) is 0 Å². The molecule has 0 spiro atoms. The molecule has 1 aliphatic rings. The first-order valence-corrected chi connectivity index (χ1v) is 11.2. The number of aromatic nitrogens is 2. The highest BCUT2D eigenvalue weighted by Gasteiger charge is 2.29. The van der Waals surface area contributed by atoms with Crippen LogP contribution in [0.25, 0.3) is 5.69 Å². The molecule has 0 saturated carbocycles. The molecular formula is C20H28N4O4S. The Labute approximate surface area is 171 Å². The lowest BCUT2D eigenvalue weighted by Gasteiger charge is -2.33. The van der Waals surface area contributed by atoms with Crippen molar-refractivity contribution in [1.82, 2.24) is 14.7 Å². The molecule has 2 N–H and O–H groups in total. The number of nitrogens with two attached hydrogens (primary N) is 1. The minimum absolute atomic E-state index is 0.0670. The number of sulfonamides is 1. The number of aryl methyl sites for hydroxylation is 1. The van der Waals surface area contributed by atoms with Gasteiger partial charge in [-0.2, -0.15) is 5.10 Å². The highest BCUT2D eigenvalue weighted by atomic mass is 32.2. The van der Waals surface area contributed by atoms with Crippen LogP contribution in [0.4, 0.5) is 4.79 Å². The number of ether oxygens (including phenoxy) is 1. The lowest BCUT2D eigenvalue weighted by atomic mass is 9.93. The molecule has 1 aromatic heterocycles. The SMILES string of the molecule is Cc1cc(C2CCN(C(=O)OC(C)(C)C)CC2)n(-c2ccc(S(N)(=O)=O)cc2)n1. The predicted octanol–water partition coefficient (Wildman–Crippen LogP) is 2.94. The molecule has 3 rings (SSSR count). The number of benzene rings is 1. The van der Waals surface area contributed by atoms with Gasteiger partial charge in [0.1, 0.15) is 5.60 Å². The quantitative estimate of drug-likeness (QED) is 0.821. The van der Waals surface area contributed by atoms with Crippen molar-refractivity contribution >= 4 is 16.1 Å². The summed E-state index contributed by atoms with van der Waals surface area (Å²) in [6.45, 7) is 8.75. The first-order chi connectivity index (χ1) is 13.4. The van der Waals surface area contributed by atoms with Crippen LogP contribution in [0.1, 0.15) is 50.9 Å². The smallest absolute Gasteiger partial charge is 0.410 e. The Morgan fingerprint density at radius 3 is 2.28 bits per heavy atom. The summed E-state index contributed by atoms with van der Waals surface area (Å²) < 4.78 is 30.3. The molecule has 158 valence electrons. The molecule has 9 heteroatoms. The molecule has 1 aromatic carbocycles. The normalized spacial score (nSPS) is 16.1. The molecule has 0 bridgehead atoms. The van der Waals surface area contributed by atoms with Crippen molar-refractivity contribution < 1.29 is 17.9 Å². The molecule has 29 heavy (non-hydrogen) atoms. The van der Waals surface area contributed by atoms with E-state index in [0.717, 1.165) is 29.9 Å². The molecular weight excluding hydrogens is 392 g/mol. The van der Waals surface area contributed by atoms with Crippen LogP contribution in [-0.4, -0.2) is 47.9 Å². The zero-order valence-corrected chi connectivity index (χ0v) is 18.1. The zero-order valence-electron chi connectivity index (χ0n) is 17.3. The van der Waals surface area contributed by atoms with Crippen LogP contribution in [0, 0.1) is 6.92 Å². The second-order valence-electron chi connectivity index (χ2n) is 8.40. The highest BCUT2D eigenvalue weighted by Crippen LogP contribution is 2.31. The number of nitrogens with zero attached hydrogens (tertiary/aromatic N) is 3. The number of carbonyl (C=O) groups excluding carboxylic acids is 1. The number of primary sulfonamides is 1. The molecule has 1 fully saturated rings. The third kappa shape index (κ3) is 5.16. The topological polar surface area (TPSA) is 108 Å². The second-order valence-corrected chi connectivity index (χ2v) is 9.96. The van der Waals surface area contributed by atoms with Gasteiger partial charge < -0.3 is 9.64 Å². The van der Waals surface area contributed by atoms with Crippen molar-refractivity contribution in [2.45, 2.75) is 57.0 Å². The Morgan fingerprint density at radius 1 is 1.17 bits per heavy atom. The third-order valence-electron chi connectivity index (χ3n) is 4.83. The van der Waals surface area contributed by atoms with Crippen LogP contribution in [0.2, 0.25) is 0 Å². The Kier molecular flexibility index (Phi) is 5.73. The van der Waals surface area contributed by atoms with Gasteiger partial charge in [0.25, 0.3) is 0 Å². The highest BCUT2D eigenvalue weighted by molar-refractivity contribution is 7.89. The van der Waals surface area contributed by atoms with Crippen molar-refractivity contribution in [2.24, 2.45) is 5.14 Å². The Balaban J connectivity index is 1.76. The van der Waals surface area contributed by atoms with Crippen molar-refractivity contribution in [3.8, 4) is 5.69 Å². The van der Waals surface area contributed by atoms with Crippen molar-refractivity contribution in [3.63, 3.8) is 0 Å². The van der Waals surface area contributed by atoms with E-state index >= 15 is 0 Å². The molecule has 0 unspecified atom stereocenters. The maximum atomic E-state index is 12.3. The monoisotopic (exact) mass is 420 g/mol. The fourth-order valence-corrected chi connectivity index (χ4v) is 3.99. The van der Waals surface area contributed by atoms with Gasteiger partial charge in [0.05, 0.1) is 16.3 Å². The molecule has 2 heterocycles. The molecule has 1 saturated heterocycles. The van der Waals surface area contributed by atoms with Gasteiger partial charge in [0.2, 0.25) is 10.0 Å². The minimum atomic E-state index is -3.73. The summed E-state index contributed by atoms with van der Waals surface area (Å²) in [6, 6.07) is 8.41. The lowest BCUT2D eigenvalue weighted by molar-refractivity contribution is 0.0203. The Bertz CT molecular complexity index is 982. The van der Waals surface area contributed by atoms with Crippen molar-refractivity contribution in [1.29, 1.82) is 0 Å². The molecule has 1 amide bonds. The Hall–Kier alpha value is -2.39. The molecule has 0 radical (unpaired) electrons. The van der Waals surface area contributed by atoms with E-state index < -0.39 is 15.6 Å². The van der Waals surface area contributed by atoms with E-state index in [-0.39, 0.29) is 16.9 Å². The Morgan fingerprint density at radius 2 is 1.76 bits per heavy atom. The molecule has 8 nitrogen and oxygen atoms in total. The van der Waals surface area contributed by atoms with E-state index in [0.29, 0.717) is 13.1 Å². The van der Waals surface area contributed by atoms with Crippen LogP contribution in [0.15, 0.2) is 35.2 Å². The van der Waals surface area contributed by atoms with Crippen LogP contribution in [-0.2, 0) is 14.8 Å². The van der Waals surface area contributed by atoms with E-state index in [1.165, 1.54) is 12.1 Å². The predicted molar refractivity (Wildman–Crippen MR) is 109 cm³/mol. The van der Waals surface area contributed by atoms with E-state index in [9.17, 15) is 13.2 Å². The average Bonchev–Trinajstić information content (AvgIpc) is 3.01. The summed E-state index contributed by atoms with van der Waals surface area (Å²) in [5.74, 6) is 0.243. The lowest BCUT2D eigenvalue weighted by Crippen LogP contribution is -2.41. The van der Waals surface area contributed by atoms with Crippen LogP contribution < -0.4 is 5.14 Å². The van der Waals surface area contributed by atoms with Gasteiger partial charge in [-0.25, -0.2) is 23.0 Å². The van der Waals surface area contributed by atoms with Gasteiger partial charge in [0, 0.05) is 24.7 Å². The van der Waals surface area contributed by atoms with Gasteiger partial charge in [-0.15, -0.1) is 0 Å². The van der Waals surface area contributed by atoms with Gasteiger partial charge in [-0.05, 0) is 70.9 Å². The fourth-order valence-electron chi connectivity index (χ4n) is 3.48. The van der Waals surface area contributed by atoms with Gasteiger partial charge in [-0.1, -0.05) is 0 Å². The van der Waals surface area contributed by atoms with E-state index in [1.54, 1.807) is 17.0 Å². The van der Waals surface area contributed by atoms with E-state index in [2.05, 4.69) is 5.10 Å². The summed E-state index contributed by atoms with van der Waals surface area (Å²) >= 11 is 0. The number of hydrogen-bond acceptors (Lipinski definition) is 5. The second kappa shape index (κ2) is 7.79.